The van der Waals surface area contributed by atoms with Crippen molar-refractivity contribution in [3.05, 3.63) is 41.0 Å². The first-order chi connectivity index (χ1) is 9.82. The van der Waals surface area contributed by atoms with Crippen LogP contribution < -0.4 is 0 Å². The third-order valence-electron chi connectivity index (χ3n) is 5.18. The van der Waals surface area contributed by atoms with Crippen molar-refractivity contribution in [2.24, 2.45) is 5.41 Å². The van der Waals surface area contributed by atoms with Crippen LogP contribution in [0.15, 0.2) is 29.8 Å². The first-order valence-corrected chi connectivity index (χ1v) is 7.14. The van der Waals surface area contributed by atoms with Crippen molar-refractivity contribution in [1.29, 1.82) is 0 Å². The molecule has 21 heavy (non-hydrogen) atoms. The molecular formula is C17H18O4. The molecule has 4 heteroatoms. The molecule has 1 aromatic carbocycles. The van der Waals surface area contributed by atoms with E-state index in [2.05, 4.69) is 0 Å². The molecule has 3 rings (SSSR count). The zero-order valence-corrected chi connectivity index (χ0v) is 12.1. The Morgan fingerprint density at radius 2 is 1.76 bits per heavy atom. The number of aliphatic carboxylic acids is 2. The molecule has 0 amide bonds. The molecule has 110 valence electrons. The Labute approximate surface area is 123 Å². The maximum absolute atomic E-state index is 11.9. The number of carbonyl (C=O) groups is 2. The fraction of sp³-hybridized carbons (Fsp3) is 0.412. The van der Waals surface area contributed by atoms with E-state index in [-0.39, 0.29) is 5.57 Å². The maximum Gasteiger partial charge on any atom is 0.336 e. The van der Waals surface area contributed by atoms with Crippen LogP contribution in [0.3, 0.4) is 0 Å². The quantitative estimate of drug-likeness (QED) is 0.876. The van der Waals surface area contributed by atoms with Crippen LogP contribution in [0.5, 0.6) is 0 Å². The number of carboxylic acid groups (broad SMARTS) is 2. The zero-order chi connectivity index (χ0) is 15.4. The van der Waals surface area contributed by atoms with E-state index < -0.39 is 22.8 Å². The van der Waals surface area contributed by atoms with Gasteiger partial charge in [0.2, 0.25) is 0 Å². The van der Waals surface area contributed by atoms with Crippen molar-refractivity contribution in [2.45, 2.75) is 38.5 Å². The van der Waals surface area contributed by atoms with Gasteiger partial charge in [-0.1, -0.05) is 37.6 Å². The summed E-state index contributed by atoms with van der Waals surface area (Å²) >= 11 is 0. The van der Waals surface area contributed by atoms with Crippen molar-refractivity contribution in [1.82, 2.24) is 0 Å². The normalized spacial score (nSPS) is 30.8. The van der Waals surface area contributed by atoms with Crippen LogP contribution in [0.1, 0.15) is 44.2 Å². The highest BCUT2D eigenvalue weighted by Gasteiger charge is 2.55. The molecule has 4 nitrogen and oxygen atoms in total. The summed E-state index contributed by atoms with van der Waals surface area (Å²) < 4.78 is 0. The molecule has 2 atom stereocenters. The van der Waals surface area contributed by atoms with Gasteiger partial charge < -0.3 is 10.2 Å². The molecule has 2 aliphatic carbocycles. The van der Waals surface area contributed by atoms with E-state index >= 15 is 0 Å². The molecule has 0 unspecified atom stereocenters. The lowest BCUT2D eigenvalue weighted by atomic mass is 9.59. The molecule has 0 spiro atoms. The summed E-state index contributed by atoms with van der Waals surface area (Å²) in [5.74, 6) is -1.97. The lowest BCUT2D eigenvalue weighted by Crippen LogP contribution is -2.42. The Balaban J connectivity index is 2.39. The van der Waals surface area contributed by atoms with E-state index in [9.17, 15) is 19.8 Å². The summed E-state index contributed by atoms with van der Waals surface area (Å²) in [4.78, 5) is 23.7. The van der Waals surface area contributed by atoms with Crippen LogP contribution in [0.25, 0.3) is 5.57 Å². The van der Waals surface area contributed by atoms with E-state index in [4.69, 9.17) is 0 Å². The van der Waals surface area contributed by atoms with Gasteiger partial charge in [-0.25, -0.2) is 4.79 Å². The summed E-state index contributed by atoms with van der Waals surface area (Å²) in [6, 6.07) is 7.41. The van der Waals surface area contributed by atoms with E-state index in [1.165, 1.54) is 0 Å². The number of fused-ring (bicyclic) bond motifs is 3. The van der Waals surface area contributed by atoms with Gasteiger partial charge in [-0.3, -0.25) is 4.79 Å². The Kier molecular flexibility index (Phi) is 2.77. The average molecular weight is 286 g/mol. The second-order valence-corrected chi connectivity index (χ2v) is 6.42. The van der Waals surface area contributed by atoms with Crippen molar-refractivity contribution in [3.8, 4) is 0 Å². The van der Waals surface area contributed by atoms with Gasteiger partial charge in [0.1, 0.15) is 0 Å². The van der Waals surface area contributed by atoms with Crippen LogP contribution in [0.4, 0.5) is 0 Å². The molecule has 1 fully saturated rings. The highest BCUT2D eigenvalue weighted by molar-refractivity contribution is 6.20. The first kappa shape index (κ1) is 13.9. The smallest absolute Gasteiger partial charge is 0.336 e. The van der Waals surface area contributed by atoms with Gasteiger partial charge in [0.25, 0.3) is 0 Å². The van der Waals surface area contributed by atoms with E-state index in [0.29, 0.717) is 17.6 Å². The number of hydrogen-bond acceptors (Lipinski definition) is 2. The Morgan fingerprint density at radius 1 is 1.10 bits per heavy atom. The third-order valence-corrected chi connectivity index (χ3v) is 5.18. The summed E-state index contributed by atoms with van der Waals surface area (Å²) in [6.45, 7) is 3.65. The number of rotatable bonds is 2. The van der Waals surface area contributed by atoms with E-state index in [1.54, 1.807) is 19.1 Å². The first-order valence-electron chi connectivity index (χ1n) is 7.14. The van der Waals surface area contributed by atoms with Crippen LogP contribution in [-0.4, -0.2) is 22.2 Å². The monoisotopic (exact) mass is 286 g/mol. The molecule has 0 radical (unpaired) electrons. The number of carboxylic acids is 2. The van der Waals surface area contributed by atoms with E-state index in [1.807, 2.05) is 19.1 Å². The molecule has 2 N–H and O–H groups in total. The van der Waals surface area contributed by atoms with E-state index in [0.717, 1.165) is 18.4 Å². The standard InChI is InChI=1S/C17H18O4/c1-16-8-5-9-17(2,15(20)21)13(16)12(14(18)19)10-6-3-4-7-11(10)16/h3-4,6-7H,5,8-9H2,1-2H3,(H,18,19)(H,20,21)/t16-,17+/m0/s1. The molecule has 0 aliphatic heterocycles. The van der Waals surface area contributed by atoms with Gasteiger partial charge in [-0.05, 0) is 36.5 Å². The van der Waals surface area contributed by atoms with Crippen LogP contribution >= 0.6 is 0 Å². The SMILES string of the molecule is C[C@@]1(C(=O)O)CCC[C@]2(C)C1=C(C(=O)O)c1ccccc12. The second kappa shape index (κ2) is 4.20. The third kappa shape index (κ3) is 1.62. The Hall–Kier alpha value is -2.10. The topological polar surface area (TPSA) is 74.6 Å². The molecule has 2 aliphatic rings. The molecular weight excluding hydrogens is 268 g/mol. The minimum atomic E-state index is -1.11. The Morgan fingerprint density at radius 3 is 2.38 bits per heavy atom. The van der Waals surface area contributed by atoms with Crippen molar-refractivity contribution in [2.75, 3.05) is 0 Å². The minimum Gasteiger partial charge on any atom is -0.481 e. The van der Waals surface area contributed by atoms with Gasteiger partial charge in [0.15, 0.2) is 0 Å². The minimum absolute atomic E-state index is 0.192. The van der Waals surface area contributed by atoms with Gasteiger partial charge in [0, 0.05) is 5.41 Å². The van der Waals surface area contributed by atoms with Crippen LogP contribution in [-0.2, 0) is 15.0 Å². The summed E-state index contributed by atoms with van der Waals surface area (Å²) in [5, 5.41) is 19.4. The van der Waals surface area contributed by atoms with Crippen LogP contribution in [0.2, 0.25) is 0 Å². The van der Waals surface area contributed by atoms with Gasteiger partial charge in [-0.2, -0.15) is 0 Å². The van der Waals surface area contributed by atoms with Crippen molar-refractivity contribution in [3.63, 3.8) is 0 Å². The Bertz CT molecular complexity index is 688. The summed E-state index contributed by atoms with van der Waals surface area (Å²) in [7, 11) is 0. The molecule has 0 heterocycles. The molecule has 1 aromatic rings. The molecule has 0 bridgehead atoms. The highest BCUT2D eigenvalue weighted by atomic mass is 16.4. The van der Waals surface area contributed by atoms with Gasteiger partial charge in [0.05, 0.1) is 11.0 Å². The second-order valence-electron chi connectivity index (χ2n) is 6.42. The average Bonchev–Trinajstić information content (AvgIpc) is 2.70. The van der Waals surface area contributed by atoms with Gasteiger partial charge >= 0.3 is 11.9 Å². The van der Waals surface area contributed by atoms with Crippen molar-refractivity contribution < 1.29 is 19.8 Å². The number of benzene rings is 1. The molecule has 0 saturated heterocycles. The predicted molar refractivity (Wildman–Crippen MR) is 77.9 cm³/mol. The van der Waals surface area contributed by atoms with Gasteiger partial charge in [-0.15, -0.1) is 0 Å². The fourth-order valence-corrected chi connectivity index (χ4v) is 4.23. The zero-order valence-electron chi connectivity index (χ0n) is 12.1. The highest BCUT2D eigenvalue weighted by Crippen LogP contribution is 2.59. The lowest BCUT2D eigenvalue weighted by molar-refractivity contribution is -0.147. The molecule has 0 aromatic heterocycles. The number of hydrogen-bond donors (Lipinski definition) is 2. The predicted octanol–water partition coefficient (Wildman–Crippen LogP) is 3.07. The summed E-state index contributed by atoms with van der Waals surface area (Å²) in [6.07, 6.45) is 2.06. The lowest BCUT2D eigenvalue weighted by Gasteiger charge is -2.43. The van der Waals surface area contributed by atoms with Crippen molar-refractivity contribution >= 4 is 17.5 Å². The largest absolute Gasteiger partial charge is 0.481 e. The fourth-order valence-electron chi connectivity index (χ4n) is 4.23. The summed E-state index contributed by atoms with van der Waals surface area (Å²) in [5.41, 5.74) is 0.789. The van der Waals surface area contributed by atoms with Crippen LogP contribution in [0, 0.1) is 5.41 Å². The molecule has 1 saturated carbocycles. The maximum atomic E-state index is 11.9.